The largest absolute Gasteiger partial charge is 0.384 e. The molecule has 0 aliphatic heterocycles. The van der Waals surface area contributed by atoms with E-state index in [-0.39, 0.29) is 11.4 Å². The van der Waals surface area contributed by atoms with Gasteiger partial charge in [0.05, 0.1) is 22.7 Å². The molecule has 2 atom stereocenters. The van der Waals surface area contributed by atoms with Gasteiger partial charge < -0.3 is 21.1 Å². The molecular weight excluding hydrogens is 444 g/mol. The van der Waals surface area contributed by atoms with Crippen molar-refractivity contribution in [2.24, 2.45) is 11.1 Å². The minimum atomic E-state index is -1.23. The molecule has 2 aliphatic rings. The minimum absolute atomic E-state index is 0.131. The zero-order valence-corrected chi connectivity index (χ0v) is 20.7. The summed E-state index contributed by atoms with van der Waals surface area (Å²) in [6.45, 7) is 8.41. The molecule has 0 radical (unpaired) electrons. The highest BCUT2D eigenvalue weighted by molar-refractivity contribution is 5.94. The molecule has 0 bridgehead atoms. The smallest absolute Gasteiger partial charge is 0.234 e. The van der Waals surface area contributed by atoms with Crippen LogP contribution in [0.5, 0.6) is 0 Å². The average molecular weight is 479 g/mol. The standard InChI is InChI=1S/C26H34N6O3/c1-14(24(34)29-19-11-18(31-35-19)17-12-25(2,3)13-17)15-5-7-16(8-6-15)21-20(23(28)33)22(27)32(30-21)26(4)9-10-26/h5-8,11,14,17,23,33H,9-10,12-13,27-28H2,1-4H3,(H,29,34). The van der Waals surface area contributed by atoms with Crippen LogP contribution in [-0.2, 0) is 10.3 Å². The van der Waals surface area contributed by atoms with Crippen LogP contribution in [0.25, 0.3) is 11.3 Å². The van der Waals surface area contributed by atoms with E-state index in [0.29, 0.717) is 34.3 Å². The molecule has 2 unspecified atom stereocenters. The number of aliphatic hydroxyl groups excluding tert-OH is 1. The summed E-state index contributed by atoms with van der Waals surface area (Å²) < 4.78 is 7.14. The molecule has 0 saturated heterocycles. The van der Waals surface area contributed by atoms with E-state index in [1.54, 1.807) is 4.68 Å². The lowest BCUT2D eigenvalue weighted by atomic mass is 9.63. The second-order valence-corrected chi connectivity index (χ2v) is 11.2. The quantitative estimate of drug-likeness (QED) is 0.372. The Kier molecular flexibility index (Phi) is 5.52. The van der Waals surface area contributed by atoms with Crippen molar-refractivity contribution in [1.82, 2.24) is 14.9 Å². The first kappa shape index (κ1) is 23.6. The summed E-state index contributed by atoms with van der Waals surface area (Å²) in [6.07, 6.45) is 2.87. The van der Waals surface area contributed by atoms with Gasteiger partial charge in [0.25, 0.3) is 0 Å². The summed E-state index contributed by atoms with van der Waals surface area (Å²) in [5.41, 5.74) is 15.8. The van der Waals surface area contributed by atoms with Crippen LogP contribution < -0.4 is 16.8 Å². The van der Waals surface area contributed by atoms with E-state index < -0.39 is 12.1 Å². The molecule has 2 saturated carbocycles. The van der Waals surface area contributed by atoms with Gasteiger partial charge in [-0.15, -0.1) is 0 Å². The Labute approximate surface area is 204 Å². The number of aromatic nitrogens is 3. The molecule has 5 rings (SSSR count). The van der Waals surface area contributed by atoms with Crippen LogP contribution in [0.3, 0.4) is 0 Å². The molecule has 9 nitrogen and oxygen atoms in total. The number of carbonyl (C=O) groups excluding carboxylic acids is 1. The second kappa shape index (κ2) is 8.20. The zero-order chi connectivity index (χ0) is 25.1. The zero-order valence-electron chi connectivity index (χ0n) is 20.7. The fourth-order valence-electron chi connectivity index (χ4n) is 5.09. The predicted octanol–water partition coefficient (Wildman–Crippen LogP) is 4.22. The summed E-state index contributed by atoms with van der Waals surface area (Å²) in [4.78, 5) is 12.9. The van der Waals surface area contributed by atoms with Crippen molar-refractivity contribution in [3.63, 3.8) is 0 Å². The molecule has 2 fully saturated rings. The number of nitrogens with zero attached hydrogens (tertiary/aromatic N) is 3. The van der Waals surface area contributed by atoms with E-state index in [9.17, 15) is 9.90 Å². The van der Waals surface area contributed by atoms with Gasteiger partial charge in [-0.2, -0.15) is 5.10 Å². The number of rotatable bonds is 7. The van der Waals surface area contributed by atoms with Gasteiger partial charge in [-0.05, 0) is 50.5 Å². The summed E-state index contributed by atoms with van der Waals surface area (Å²) in [5.74, 6) is 0.565. The molecule has 2 heterocycles. The molecule has 1 aromatic carbocycles. The van der Waals surface area contributed by atoms with Crippen LogP contribution in [0.4, 0.5) is 11.7 Å². The third-order valence-corrected chi connectivity index (χ3v) is 7.61. The van der Waals surface area contributed by atoms with E-state index in [4.69, 9.17) is 21.1 Å². The van der Waals surface area contributed by atoms with Crippen LogP contribution in [0, 0.1) is 5.41 Å². The maximum atomic E-state index is 12.9. The van der Waals surface area contributed by atoms with Gasteiger partial charge in [-0.3, -0.25) is 10.1 Å². The van der Waals surface area contributed by atoms with Crippen LogP contribution >= 0.6 is 0 Å². The highest BCUT2D eigenvalue weighted by Gasteiger charge is 2.43. The van der Waals surface area contributed by atoms with E-state index >= 15 is 0 Å². The SMILES string of the molecule is CC(C(=O)Nc1cc(C2CC(C)(C)C2)no1)c1ccc(-c2nn(C3(C)CC3)c(N)c2C(N)O)cc1. The highest BCUT2D eigenvalue weighted by atomic mass is 16.5. The molecule has 35 heavy (non-hydrogen) atoms. The molecule has 9 heteroatoms. The van der Waals surface area contributed by atoms with E-state index in [0.717, 1.165) is 42.5 Å². The third kappa shape index (κ3) is 4.34. The summed E-state index contributed by atoms with van der Waals surface area (Å²) in [7, 11) is 0. The average Bonchev–Trinajstić information content (AvgIpc) is 3.20. The van der Waals surface area contributed by atoms with Crippen molar-refractivity contribution in [3.8, 4) is 11.3 Å². The van der Waals surface area contributed by atoms with Gasteiger partial charge in [0.15, 0.2) is 0 Å². The Bertz CT molecular complexity index is 1240. The molecule has 1 amide bonds. The van der Waals surface area contributed by atoms with Crippen molar-refractivity contribution in [2.45, 2.75) is 77.0 Å². The van der Waals surface area contributed by atoms with Crippen molar-refractivity contribution < 1.29 is 14.4 Å². The van der Waals surface area contributed by atoms with Gasteiger partial charge >= 0.3 is 0 Å². The first-order chi connectivity index (χ1) is 16.5. The van der Waals surface area contributed by atoms with Gasteiger partial charge in [0, 0.05) is 17.5 Å². The first-order valence-electron chi connectivity index (χ1n) is 12.2. The molecule has 6 N–H and O–H groups in total. The number of aliphatic hydroxyl groups is 1. The Morgan fingerprint density at radius 1 is 1.23 bits per heavy atom. The first-order valence-corrected chi connectivity index (χ1v) is 12.2. The van der Waals surface area contributed by atoms with Gasteiger partial charge in [0.1, 0.15) is 17.7 Å². The van der Waals surface area contributed by atoms with Gasteiger partial charge in [-0.1, -0.05) is 43.3 Å². The fraction of sp³-hybridized carbons (Fsp3) is 0.500. The van der Waals surface area contributed by atoms with Gasteiger partial charge in [0.2, 0.25) is 11.8 Å². The number of amides is 1. The summed E-state index contributed by atoms with van der Waals surface area (Å²) in [5, 5.41) is 21.8. The predicted molar refractivity (Wildman–Crippen MR) is 133 cm³/mol. The lowest BCUT2D eigenvalue weighted by molar-refractivity contribution is -0.117. The van der Waals surface area contributed by atoms with E-state index in [1.807, 2.05) is 37.3 Å². The fourth-order valence-corrected chi connectivity index (χ4v) is 5.09. The highest BCUT2D eigenvalue weighted by Crippen LogP contribution is 2.50. The van der Waals surface area contributed by atoms with Crippen LogP contribution in [0.15, 0.2) is 34.9 Å². The molecule has 186 valence electrons. The molecular formula is C26H34N6O3. The Hall–Kier alpha value is -3.17. The number of anilines is 2. The summed E-state index contributed by atoms with van der Waals surface area (Å²) >= 11 is 0. The Morgan fingerprint density at radius 3 is 2.46 bits per heavy atom. The number of nitrogens with two attached hydrogens (primary N) is 2. The minimum Gasteiger partial charge on any atom is -0.384 e. The van der Waals surface area contributed by atoms with E-state index in [1.165, 1.54) is 0 Å². The third-order valence-electron chi connectivity index (χ3n) is 7.61. The number of nitrogens with one attached hydrogen (secondary N) is 1. The molecule has 2 aromatic heterocycles. The van der Waals surface area contributed by atoms with Crippen molar-refractivity contribution in [1.29, 1.82) is 0 Å². The lowest BCUT2D eigenvalue weighted by Gasteiger charge is -2.41. The number of benzene rings is 1. The topological polar surface area (TPSA) is 145 Å². The Morgan fingerprint density at radius 2 is 1.89 bits per heavy atom. The van der Waals surface area contributed by atoms with Crippen LogP contribution in [-0.4, -0.2) is 26.0 Å². The number of nitrogen functional groups attached to an aromatic ring is 1. The maximum Gasteiger partial charge on any atom is 0.234 e. The van der Waals surface area contributed by atoms with Crippen molar-refractivity contribution in [2.75, 3.05) is 11.1 Å². The Balaban J connectivity index is 1.29. The maximum absolute atomic E-state index is 12.9. The monoisotopic (exact) mass is 478 g/mol. The van der Waals surface area contributed by atoms with Crippen LogP contribution in [0.1, 0.15) is 88.3 Å². The van der Waals surface area contributed by atoms with Gasteiger partial charge in [-0.25, -0.2) is 4.68 Å². The number of hydrogen-bond donors (Lipinski definition) is 4. The van der Waals surface area contributed by atoms with Crippen LogP contribution in [0.2, 0.25) is 0 Å². The normalized spacial score (nSPS) is 20.2. The molecule has 0 spiro atoms. The van der Waals surface area contributed by atoms with E-state index in [2.05, 4.69) is 31.2 Å². The summed E-state index contributed by atoms with van der Waals surface area (Å²) in [6, 6.07) is 9.33. The molecule has 3 aromatic rings. The second-order valence-electron chi connectivity index (χ2n) is 11.2. The number of carbonyl (C=O) groups is 1. The number of hydrogen-bond acceptors (Lipinski definition) is 7. The lowest BCUT2D eigenvalue weighted by Crippen LogP contribution is -2.29. The molecule has 2 aliphatic carbocycles. The van der Waals surface area contributed by atoms with Crippen molar-refractivity contribution in [3.05, 3.63) is 47.2 Å². The van der Waals surface area contributed by atoms with Crippen molar-refractivity contribution >= 4 is 17.6 Å².